The summed E-state index contributed by atoms with van der Waals surface area (Å²) in [5, 5.41) is 11.0. The van der Waals surface area contributed by atoms with Gasteiger partial charge in [0.05, 0.1) is 25.2 Å². The summed E-state index contributed by atoms with van der Waals surface area (Å²) in [6, 6.07) is 15.1. The smallest absolute Gasteiger partial charge is 0.269 e. The Labute approximate surface area is 204 Å². The lowest BCUT2D eigenvalue weighted by Gasteiger charge is -2.37. The Balaban J connectivity index is 1.69. The summed E-state index contributed by atoms with van der Waals surface area (Å²) in [7, 11) is 3.17. The van der Waals surface area contributed by atoms with Gasteiger partial charge in [0.2, 0.25) is 0 Å². The quantitative estimate of drug-likeness (QED) is 0.350. The third-order valence-corrected chi connectivity index (χ3v) is 6.47. The number of amides is 1. The predicted molar refractivity (Wildman–Crippen MR) is 132 cm³/mol. The Morgan fingerprint density at radius 1 is 1.00 bits per heavy atom. The zero-order valence-corrected chi connectivity index (χ0v) is 20.2. The Kier molecular flexibility index (Phi) is 6.91. The summed E-state index contributed by atoms with van der Waals surface area (Å²) in [6.45, 7) is 4.70. The average molecular weight is 477 g/mol. The number of carbonyl (C=O) groups excluding carboxylic acids is 1. The molecule has 1 aliphatic rings. The molecule has 0 bridgehead atoms. The number of fused-ring (bicyclic) bond motifs is 1. The summed E-state index contributed by atoms with van der Waals surface area (Å²) < 4.78 is 17.0. The van der Waals surface area contributed by atoms with Gasteiger partial charge >= 0.3 is 0 Å². The van der Waals surface area contributed by atoms with Crippen LogP contribution in [0.2, 0.25) is 0 Å². The molecule has 0 N–H and O–H groups in total. The van der Waals surface area contributed by atoms with E-state index in [1.807, 2.05) is 49.1 Å². The summed E-state index contributed by atoms with van der Waals surface area (Å²) in [5.74, 6) is 1.62. The molecule has 0 saturated heterocycles. The van der Waals surface area contributed by atoms with Crippen molar-refractivity contribution >= 4 is 11.6 Å². The van der Waals surface area contributed by atoms with E-state index in [1.54, 1.807) is 26.4 Å². The standard InChI is InChI=1S/C27H28N2O6/c1-17-5-6-20(13-18(17)2)27(30)28-12-11-19-14-25(33-3)26(34-4)15-23(19)24(28)16-35-22-9-7-21(8-10-22)29(31)32/h5-10,13-15,24H,11-12,16H2,1-4H3/t24-/m0/s1. The van der Waals surface area contributed by atoms with E-state index >= 15 is 0 Å². The Bertz CT molecular complexity index is 1260. The predicted octanol–water partition coefficient (Wildman–Crippen LogP) is 5.05. The van der Waals surface area contributed by atoms with Gasteiger partial charge in [-0.05, 0) is 78.9 Å². The van der Waals surface area contributed by atoms with Crippen molar-refractivity contribution < 1.29 is 23.9 Å². The largest absolute Gasteiger partial charge is 0.493 e. The van der Waals surface area contributed by atoms with E-state index in [-0.39, 0.29) is 24.2 Å². The maximum Gasteiger partial charge on any atom is 0.269 e. The molecule has 4 rings (SSSR count). The normalized spacial score (nSPS) is 14.7. The molecule has 182 valence electrons. The highest BCUT2D eigenvalue weighted by Gasteiger charge is 2.33. The number of rotatable bonds is 7. The molecule has 8 heteroatoms. The van der Waals surface area contributed by atoms with Crippen molar-refractivity contribution in [2.45, 2.75) is 26.3 Å². The topological polar surface area (TPSA) is 91.1 Å². The summed E-state index contributed by atoms with van der Waals surface area (Å²) in [4.78, 5) is 26.0. The Morgan fingerprint density at radius 2 is 1.69 bits per heavy atom. The highest BCUT2D eigenvalue weighted by atomic mass is 16.6. The monoisotopic (exact) mass is 476 g/mol. The lowest BCUT2D eigenvalue weighted by Crippen LogP contribution is -2.42. The van der Waals surface area contributed by atoms with Crippen LogP contribution in [-0.2, 0) is 6.42 Å². The summed E-state index contributed by atoms with van der Waals surface area (Å²) in [5.41, 5.74) is 4.77. The number of carbonyl (C=O) groups is 1. The van der Waals surface area contributed by atoms with Crippen molar-refractivity contribution in [1.82, 2.24) is 4.90 Å². The number of benzene rings is 3. The van der Waals surface area contributed by atoms with Gasteiger partial charge in [0.25, 0.3) is 11.6 Å². The molecule has 0 aromatic heterocycles. The fraction of sp³-hybridized carbons (Fsp3) is 0.296. The SMILES string of the molecule is COc1cc2c(cc1OC)[C@H](COc1ccc([N+](=O)[O-])cc1)N(C(=O)c1ccc(C)c(C)c1)CC2. The van der Waals surface area contributed by atoms with Crippen LogP contribution in [0, 0.1) is 24.0 Å². The number of hydrogen-bond acceptors (Lipinski definition) is 6. The van der Waals surface area contributed by atoms with Crippen molar-refractivity contribution in [2.24, 2.45) is 0 Å². The summed E-state index contributed by atoms with van der Waals surface area (Å²) in [6.07, 6.45) is 0.667. The van der Waals surface area contributed by atoms with Gasteiger partial charge in [0.1, 0.15) is 12.4 Å². The first-order valence-electron chi connectivity index (χ1n) is 11.3. The maximum atomic E-state index is 13.6. The maximum absolute atomic E-state index is 13.6. The number of non-ortho nitro benzene ring substituents is 1. The number of hydrogen-bond donors (Lipinski definition) is 0. The van der Waals surface area contributed by atoms with E-state index in [9.17, 15) is 14.9 Å². The number of ether oxygens (including phenoxy) is 3. The fourth-order valence-electron chi connectivity index (χ4n) is 4.33. The number of nitro benzene ring substituents is 1. The number of nitro groups is 1. The van der Waals surface area contributed by atoms with E-state index in [4.69, 9.17) is 14.2 Å². The minimum atomic E-state index is -0.454. The van der Waals surface area contributed by atoms with Crippen LogP contribution in [0.5, 0.6) is 17.2 Å². The summed E-state index contributed by atoms with van der Waals surface area (Å²) >= 11 is 0. The van der Waals surface area contributed by atoms with Crippen LogP contribution in [-0.4, -0.2) is 43.1 Å². The van der Waals surface area contributed by atoms with Crippen molar-refractivity contribution in [2.75, 3.05) is 27.4 Å². The molecule has 1 heterocycles. The van der Waals surface area contributed by atoms with E-state index < -0.39 is 4.92 Å². The molecule has 0 spiro atoms. The molecule has 35 heavy (non-hydrogen) atoms. The van der Waals surface area contributed by atoms with Gasteiger partial charge in [-0.15, -0.1) is 0 Å². The first-order valence-corrected chi connectivity index (χ1v) is 11.3. The second-order valence-electron chi connectivity index (χ2n) is 8.53. The second-order valence-corrected chi connectivity index (χ2v) is 8.53. The molecule has 0 fully saturated rings. The molecule has 0 aliphatic carbocycles. The van der Waals surface area contributed by atoms with Crippen molar-refractivity contribution in [3.05, 3.63) is 92.5 Å². The van der Waals surface area contributed by atoms with Gasteiger partial charge in [-0.1, -0.05) is 6.07 Å². The van der Waals surface area contributed by atoms with Gasteiger partial charge in [-0.3, -0.25) is 14.9 Å². The molecule has 1 amide bonds. The number of aryl methyl sites for hydroxylation is 2. The lowest BCUT2D eigenvalue weighted by atomic mass is 9.91. The van der Waals surface area contributed by atoms with Crippen molar-refractivity contribution in [3.8, 4) is 17.2 Å². The van der Waals surface area contributed by atoms with Crippen LogP contribution in [0.25, 0.3) is 0 Å². The molecule has 1 atom stereocenters. The second kappa shape index (κ2) is 10.0. The fourth-order valence-corrected chi connectivity index (χ4v) is 4.33. The van der Waals surface area contributed by atoms with Crippen LogP contribution < -0.4 is 14.2 Å². The van der Waals surface area contributed by atoms with Crippen molar-refractivity contribution in [1.29, 1.82) is 0 Å². The Hall–Kier alpha value is -4.07. The van der Waals surface area contributed by atoms with Gasteiger partial charge in [-0.2, -0.15) is 0 Å². The third kappa shape index (κ3) is 4.91. The molecule has 0 unspecified atom stereocenters. The van der Waals surface area contributed by atoms with Gasteiger partial charge in [-0.25, -0.2) is 0 Å². The van der Waals surface area contributed by atoms with E-state index in [0.29, 0.717) is 35.8 Å². The van der Waals surface area contributed by atoms with E-state index in [2.05, 4.69) is 0 Å². The highest BCUT2D eigenvalue weighted by Crippen LogP contribution is 2.39. The minimum absolute atomic E-state index is 0.0104. The number of methoxy groups -OCH3 is 2. The molecule has 0 radical (unpaired) electrons. The van der Waals surface area contributed by atoms with Crippen LogP contribution >= 0.6 is 0 Å². The molecule has 0 saturated carbocycles. The van der Waals surface area contributed by atoms with Gasteiger partial charge in [0.15, 0.2) is 11.5 Å². The molecule has 3 aromatic rings. The minimum Gasteiger partial charge on any atom is -0.493 e. The van der Waals surface area contributed by atoms with Gasteiger partial charge < -0.3 is 19.1 Å². The molecular formula is C27H28N2O6. The zero-order valence-electron chi connectivity index (χ0n) is 20.2. The molecule has 1 aliphatic heterocycles. The van der Waals surface area contributed by atoms with Crippen LogP contribution in [0.15, 0.2) is 54.6 Å². The first-order chi connectivity index (χ1) is 16.8. The zero-order chi connectivity index (χ0) is 25.1. The van der Waals surface area contributed by atoms with E-state index in [1.165, 1.54) is 12.1 Å². The average Bonchev–Trinajstić information content (AvgIpc) is 2.87. The highest BCUT2D eigenvalue weighted by molar-refractivity contribution is 5.95. The van der Waals surface area contributed by atoms with Crippen LogP contribution in [0.4, 0.5) is 5.69 Å². The van der Waals surface area contributed by atoms with Crippen LogP contribution in [0.1, 0.15) is 38.7 Å². The van der Waals surface area contributed by atoms with Crippen LogP contribution in [0.3, 0.4) is 0 Å². The Morgan fingerprint density at radius 3 is 2.31 bits per heavy atom. The third-order valence-electron chi connectivity index (χ3n) is 6.47. The van der Waals surface area contributed by atoms with E-state index in [0.717, 1.165) is 22.3 Å². The van der Waals surface area contributed by atoms with Crippen molar-refractivity contribution in [3.63, 3.8) is 0 Å². The first kappa shape index (κ1) is 24.1. The molecular weight excluding hydrogens is 448 g/mol. The van der Waals surface area contributed by atoms with Gasteiger partial charge in [0, 0.05) is 24.2 Å². The molecule has 8 nitrogen and oxygen atoms in total. The molecule has 3 aromatic carbocycles. The number of nitrogens with zero attached hydrogens (tertiary/aromatic N) is 2. The lowest BCUT2D eigenvalue weighted by molar-refractivity contribution is -0.384.